The lowest BCUT2D eigenvalue weighted by molar-refractivity contribution is -0.386. The Labute approximate surface area is 190 Å². The molecule has 0 saturated heterocycles. The van der Waals surface area contributed by atoms with Gasteiger partial charge in [-0.15, -0.1) is 0 Å². The number of hydrogen-bond donors (Lipinski definition) is 2. The number of methoxy groups -OCH3 is 1. The van der Waals surface area contributed by atoms with Gasteiger partial charge in [0.25, 0.3) is 5.56 Å². The highest BCUT2D eigenvalue weighted by molar-refractivity contribution is 5.99. The van der Waals surface area contributed by atoms with Gasteiger partial charge in [-0.1, -0.05) is 54.6 Å². The molecule has 0 unspecified atom stereocenters. The van der Waals surface area contributed by atoms with Gasteiger partial charge >= 0.3 is 0 Å². The Balaban J connectivity index is 1.85. The highest BCUT2D eigenvalue weighted by atomic mass is 16.5. The second-order valence-corrected chi connectivity index (χ2v) is 7.69. The van der Waals surface area contributed by atoms with Gasteiger partial charge in [-0.05, 0) is 23.8 Å². The first kappa shape index (κ1) is 20.6. The van der Waals surface area contributed by atoms with Crippen LogP contribution in [0.5, 0.6) is 5.88 Å². The Kier molecular flexibility index (Phi) is 5.42. The summed E-state index contributed by atoms with van der Waals surface area (Å²) in [5.41, 5.74) is 10.7. The van der Waals surface area contributed by atoms with E-state index in [4.69, 9.17) is 9.72 Å². The summed E-state index contributed by atoms with van der Waals surface area (Å²) >= 11 is 0. The number of hydrogen-bond acceptors (Lipinski definition) is 4. The van der Waals surface area contributed by atoms with Crippen LogP contribution in [0, 0.1) is 0 Å². The maximum atomic E-state index is 12.9. The fourth-order valence-corrected chi connectivity index (χ4v) is 4.03. The number of aromatic amines is 1. The van der Waals surface area contributed by atoms with Crippen molar-refractivity contribution in [1.29, 1.82) is 0 Å². The Morgan fingerprint density at radius 3 is 2.42 bits per heavy atom. The SMILES string of the molecule is COc1ncccc1-c1c[nH]c(=O)c2cc(-c3ccccc3)c(-c3ccc(C[NH3+])cc3)nc12. The van der Waals surface area contributed by atoms with E-state index in [1.165, 1.54) is 0 Å². The van der Waals surface area contributed by atoms with Gasteiger partial charge in [-0.3, -0.25) is 4.79 Å². The third-order valence-corrected chi connectivity index (χ3v) is 5.73. The first-order valence-electron chi connectivity index (χ1n) is 10.7. The molecule has 0 amide bonds. The summed E-state index contributed by atoms with van der Waals surface area (Å²) < 4.78 is 5.48. The minimum Gasteiger partial charge on any atom is -0.481 e. The molecule has 33 heavy (non-hydrogen) atoms. The van der Waals surface area contributed by atoms with Crippen LogP contribution in [0.3, 0.4) is 0 Å². The number of fused-ring (bicyclic) bond motifs is 1. The smallest absolute Gasteiger partial charge is 0.257 e. The van der Waals surface area contributed by atoms with Crippen molar-refractivity contribution in [1.82, 2.24) is 15.0 Å². The molecule has 2 aromatic carbocycles. The van der Waals surface area contributed by atoms with E-state index in [2.05, 4.69) is 40.0 Å². The highest BCUT2D eigenvalue weighted by Gasteiger charge is 2.18. The molecule has 0 aliphatic carbocycles. The van der Waals surface area contributed by atoms with Crippen molar-refractivity contribution in [3.63, 3.8) is 0 Å². The van der Waals surface area contributed by atoms with E-state index < -0.39 is 0 Å². The minimum absolute atomic E-state index is 0.194. The van der Waals surface area contributed by atoms with Gasteiger partial charge < -0.3 is 15.5 Å². The molecular formula is C27H23N4O2+. The molecular weight excluding hydrogens is 412 g/mol. The summed E-state index contributed by atoms with van der Waals surface area (Å²) in [6.07, 6.45) is 3.35. The number of benzene rings is 2. The standard InChI is InChI=1S/C27H22N4O2/c1-33-27-20(8-5-13-29-27)23-16-30-26(32)22-14-21(18-6-3-2-4-7-18)24(31-25(22)23)19-11-9-17(15-28)10-12-19/h2-14,16H,15,28H2,1H3,(H,30,32)/p+1. The summed E-state index contributed by atoms with van der Waals surface area (Å²) in [7, 11) is 1.58. The van der Waals surface area contributed by atoms with Crippen LogP contribution in [0.2, 0.25) is 0 Å². The minimum atomic E-state index is -0.194. The molecule has 3 heterocycles. The van der Waals surface area contributed by atoms with Crippen LogP contribution in [0.1, 0.15) is 5.56 Å². The lowest BCUT2D eigenvalue weighted by Crippen LogP contribution is -2.47. The summed E-state index contributed by atoms with van der Waals surface area (Å²) in [6, 6.07) is 23.9. The summed E-state index contributed by atoms with van der Waals surface area (Å²) in [6.45, 7) is 0.720. The molecule has 5 rings (SSSR count). The summed E-state index contributed by atoms with van der Waals surface area (Å²) in [5, 5.41) is 0.510. The van der Waals surface area contributed by atoms with Gasteiger partial charge in [0.2, 0.25) is 5.88 Å². The Hall–Kier alpha value is -4.29. The van der Waals surface area contributed by atoms with Crippen molar-refractivity contribution in [2.75, 3.05) is 7.11 Å². The predicted octanol–water partition coefficient (Wildman–Crippen LogP) is 4.07. The zero-order chi connectivity index (χ0) is 22.8. The van der Waals surface area contributed by atoms with E-state index in [1.54, 1.807) is 19.5 Å². The van der Waals surface area contributed by atoms with Crippen LogP contribution < -0.4 is 16.0 Å². The van der Waals surface area contributed by atoms with E-state index in [9.17, 15) is 4.79 Å². The lowest BCUT2D eigenvalue weighted by Gasteiger charge is -2.14. The summed E-state index contributed by atoms with van der Waals surface area (Å²) in [4.78, 5) is 25.1. The van der Waals surface area contributed by atoms with Crippen LogP contribution in [0.4, 0.5) is 0 Å². The molecule has 0 aliphatic heterocycles. The third kappa shape index (κ3) is 3.77. The van der Waals surface area contributed by atoms with Crippen molar-refractivity contribution < 1.29 is 10.5 Å². The molecule has 5 aromatic rings. The number of pyridine rings is 3. The first-order chi connectivity index (χ1) is 16.2. The van der Waals surface area contributed by atoms with Crippen molar-refractivity contribution in [2.45, 2.75) is 6.54 Å². The zero-order valence-corrected chi connectivity index (χ0v) is 18.2. The van der Waals surface area contributed by atoms with Crippen LogP contribution in [-0.4, -0.2) is 22.1 Å². The number of nitrogens with one attached hydrogen (secondary N) is 1. The monoisotopic (exact) mass is 435 g/mol. The molecule has 6 nitrogen and oxygen atoms in total. The van der Waals surface area contributed by atoms with Crippen molar-refractivity contribution in [3.05, 3.63) is 101 Å². The average Bonchev–Trinajstić information content (AvgIpc) is 2.89. The van der Waals surface area contributed by atoms with Gasteiger partial charge in [0.05, 0.1) is 30.3 Å². The van der Waals surface area contributed by atoms with Crippen molar-refractivity contribution in [2.24, 2.45) is 0 Å². The third-order valence-electron chi connectivity index (χ3n) is 5.73. The van der Waals surface area contributed by atoms with Gasteiger partial charge in [-0.2, -0.15) is 0 Å². The van der Waals surface area contributed by atoms with Gasteiger partial charge in [0.15, 0.2) is 0 Å². The second-order valence-electron chi connectivity index (χ2n) is 7.69. The number of H-pyrrole nitrogens is 1. The Morgan fingerprint density at radius 1 is 0.909 bits per heavy atom. The molecule has 0 spiro atoms. The Morgan fingerprint density at radius 2 is 1.70 bits per heavy atom. The normalized spacial score (nSPS) is 11.0. The quantitative estimate of drug-likeness (QED) is 0.435. The zero-order valence-electron chi connectivity index (χ0n) is 18.2. The van der Waals surface area contributed by atoms with E-state index in [0.29, 0.717) is 16.8 Å². The maximum absolute atomic E-state index is 12.9. The first-order valence-corrected chi connectivity index (χ1v) is 10.7. The number of ether oxygens (including phenoxy) is 1. The van der Waals surface area contributed by atoms with E-state index in [0.717, 1.165) is 45.6 Å². The molecule has 3 aromatic heterocycles. The lowest BCUT2D eigenvalue weighted by atomic mass is 9.96. The molecule has 0 atom stereocenters. The van der Waals surface area contributed by atoms with Gasteiger partial charge in [0, 0.05) is 40.2 Å². The molecule has 4 N–H and O–H groups in total. The van der Waals surface area contributed by atoms with Crippen molar-refractivity contribution in [3.8, 4) is 39.4 Å². The Bertz CT molecular complexity index is 1490. The van der Waals surface area contributed by atoms with Crippen LogP contribution in [-0.2, 0) is 6.54 Å². The maximum Gasteiger partial charge on any atom is 0.257 e. The topological polar surface area (TPSA) is 95.5 Å². The number of aromatic nitrogens is 3. The van der Waals surface area contributed by atoms with Crippen molar-refractivity contribution >= 4 is 10.9 Å². The molecule has 6 heteroatoms. The molecule has 0 fully saturated rings. The van der Waals surface area contributed by atoms with Gasteiger partial charge in [-0.25, -0.2) is 9.97 Å². The number of nitrogens with zero attached hydrogens (tertiary/aromatic N) is 2. The fourth-order valence-electron chi connectivity index (χ4n) is 4.03. The average molecular weight is 436 g/mol. The van der Waals surface area contributed by atoms with E-state index in [1.807, 2.05) is 48.5 Å². The summed E-state index contributed by atoms with van der Waals surface area (Å²) in [5.74, 6) is 0.473. The van der Waals surface area contributed by atoms with Crippen LogP contribution in [0.15, 0.2) is 90.0 Å². The second kappa shape index (κ2) is 8.68. The van der Waals surface area contributed by atoms with Crippen LogP contribution >= 0.6 is 0 Å². The number of quaternary nitrogens is 1. The van der Waals surface area contributed by atoms with Crippen LogP contribution in [0.25, 0.3) is 44.4 Å². The molecule has 0 radical (unpaired) electrons. The largest absolute Gasteiger partial charge is 0.481 e. The van der Waals surface area contributed by atoms with E-state index >= 15 is 0 Å². The predicted molar refractivity (Wildman–Crippen MR) is 130 cm³/mol. The number of rotatable bonds is 5. The fraction of sp³-hybridized carbons (Fsp3) is 0.0741. The van der Waals surface area contributed by atoms with E-state index in [-0.39, 0.29) is 5.56 Å². The molecule has 0 aliphatic rings. The molecule has 162 valence electrons. The van der Waals surface area contributed by atoms with Gasteiger partial charge in [0.1, 0.15) is 0 Å². The highest BCUT2D eigenvalue weighted by Crippen LogP contribution is 2.37. The molecule has 0 bridgehead atoms. The molecule has 0 saturated carbocycles.